The van der Waals surface area contributed by atoms with E-state index < -0.39 is 18.1 Å². The van der Waals surface area contributed by atoms with Crippen LogP contribution in [0.15, 0.2) is 0 Å². The number of nitrogens with two attached hydrogens (primary N) is 1. The van der Waals surface area contributed by atoms with Gasteiger partial charge in [0.15, 0.2) is 0 Å². The number of rotatable bonds is 10. The highest BCUT2D eigenvalue weighted by Gasteiger charge is 2.13. The number of aliphatic hydroxyl groups is 2. The zero-order valence-electron chi connectivity index (χ0n) is 10.3. The summed E-state index contributed by atoms with van der Waals surface area (Å²) >= 11 is 0. The topological polar surface area (TPSA) is 133 Å². The first-order chi connectivity index (χ1) is 8.47. The third kappa shape index (κ3) is 8.91. The zero-order valence-corrected chi connectivity index (χ0v) is 10.3. The molecule has 0 aliphatic rings. The fraction of sp³-hybridized carbons (Fsp3) is 0.818. The number of carbonyl (C=O) groups excluding carboxylic acids is 1. The van der Waals surface area contributed by atoms with E-state index >= 15 is 0 Å². The third-order valence-electron chi connectivity index (χ3n) is 2.50. The smallest absolute Gasteiger partial charge is 0.320 e. The van der Waals surface area contributed by atoms with Crippen LogP contribution in [0.1, 0.15) is 32.1 Å². The fourth-order valence-electron chi connectivity index (χ4n) is 1.32. The van der Waals surface area contributed by atoms with E-state index in [2.05, 4.69) is 5.32 Å². The number of hydrogen-bond acceptors (Lipinski definition) is 5. The van der Waals surface area contributed by atoms with Crippen molar-refractivity contribution in [3.63, 3.8) is 0 Å². The molecule has 0 saturated heterocycles. The maximum Gasteiger partial charge on any atom is 0.320 e. The summed E-state index contributed by atoms with van der Waals surface area (Å²) in [7, 11) is 0. The molecule has 0 heterocycles. The molecule has 0 aromatic carbocycles. The Morgan fingerprint density at radius 1 is 1.22 bits per heavy atom. The molecule has 0 saturated carbocycles. The predicted molar refractivity (Wildman–Crippen MR) is 64.8 cm³/mol. The molecule has 0 unspecified atom stereocenters. The van der Waals surface area contributed by atoms with Gasteiger partial charge in [-0.25, -0.2) is 0 Å². The predicted octanol–water partition coefficient (Wildman–Crippen LogP) is -1.18. The highest BCUT2D eigenvalue weighted by Crippen LogP contribution is 2.00. The number of aliphatic hydroxyl groups excluding tert-OH is 2. The van der Waals surface area contributed by atoms with Crippen molar-refractivity contribution >= 4 is 11.9 Å². The van der Waals surface area contributed by atoms with Gasteiger partial charge in [-0.15, -0.1) is 0 Å². The van der Waals surface area contributed by atoms with Gasteiger partial charge in [0.2, 0.25) is 5.91 Å². The molecule has 0 fully saturated rings. The maximum absolute atomic E-state index is 11.3. The van der Waals surface area contributed by atoms with E-state index in [1.165, 1.54) is 0 Å². The van der Waals surface area contributed by atoms with Crippen LogP contribution in [0.2, 0.25) is 0 Å². The number of carbonyl (C=O) groups is 2. The highest BCUT2D eigenvalue weighted by atomic mass is 16.4. The third-order valence-corrected chi connectivity index (χ3v) is 2.50. The number of carboxylic acid groups (broad SMARTS) is 1. The Bertz CT molecular complexity index is 260. The Morgan fingerprint density at radius 3 is 2.44 bits per heavy atom. The summed E-state index contributed by atoms with van der Waals surface area (Å²) in [5, 5.41) is 28.8. The summed E-state index contributed by atoms with van der Waals surface area (Å²) in [6.45, 7) is 0.221. The van der Waals surface area contributed by atoms with Crippen LogP contribution in [0.5, 0.6) is 0 Å². The average Bonchev–Trinajstić information content (AvgIpc) is 2.34. The summed E-state index contributed by atoms with van der Waals surface area (Å²) in [4.78, 5) is 21.7. The Morgan fingerprint density at radius 2 is 1.89 bits per heavy atom. The molecule has 0 aliphatic carbocycles. The fourth-order valence-corrected chi connectivity index (χ4v) is 1.32. The van der Waals surface area contributed by atoms with E-state index in [1.54, 1.807) is 0 Å². The molecule has 6 N–H and O–H groups in total. The van der Waals surface area contributed by atoms with Crippen LogP contribution in [-0.2, 0) is 9.59 Å². The molecule has 0 rings (SSSR count). The first-order valence-corrected chi connectivity index (χ1v) is 6.01. The lowest BCUT2D eigenvalue weighted by Gasteiger charge is -2.08. The van der Waals surface area contributed by atoms with Gasteiger partial charge in [-0.2, -0.15) is 0 Å². The second kappa shape index (κ2) is 9.81. The number of hydrogen-bond donors (Lipinski definition) is 5. The van der Waals surface area contributed by atoms with Gasteiger partial charge in [0.25, 0.3) is 0 Å². The van der Waals surface area contributed by atoms with Gasteiger partial charge >= 0.3 is 5.97 Å². The Hall–Kier alpha value is -1.18. The average molecular weight is 262 g/mol. The van der Waals surface area contributed by atoms with E-state index in [0.717, 1.165) is 0 Å². The largest absolute Gasteiger partial charge is 0.480 e. The van der Waals surface area contributed by atoms with Crippen LogP contribution in [0.3, 0.4) is 0 Å². The molecule has 0 radical (unpaired) electrons. The van der Waals surface area contributed by atoms with E-state index in [-0.39, 0.29) is 25.4 Å². The van der Waals surface area contributed by atoms with Crippen LogP contribution >= 0.6 is 0 Å². The molecule has 2 atom stereocenters. The summed E-state index contributed by atoms with van der Waals surface area (Å²) in [5.74, 6) is -1.34. The van der Waals surface area contributed by atoms with Gasteiger partial charge in [-0.1, -0.05) is 0 Å². The van der Waals surface area contributed by atoms with E-state index in [1.807, 2.05) is 0 Å². The number of nitrogens with one attached hydrogen (secondary N) is 1. The molecule has 0 aromatic heterocycles. The number of unbranched alkanes of at least 4 members (excludes halogenated alkanes) is 1. The molecule has 7 heteroatoms. The lowest BCUT2D eigenvalue weighted by atomic mass is 10.1. The van der Waals surface area contributed by atoms with E-state index in [9.17, 15) is 9.59 Å². The summed E-state index contributed by atoms with van der Waals surface area (Å²) in [5.41, 5.74) is 5.26. The van der Waals surface area contributed by atoms with Crippen molar-refractivity contribution in [1.82, 2.24) is 5.32 Å². The lowest BCUT2D eigenvalue weighted by molar-refractivity contribution is -0.138. The van der Waals surface area contributed by atoms with Crippen molar-refractivity contribution in [2.24, 2.45) is 5.73 Å². The SMILES string of the molecule is N[C@H](CCC(=O)NCCCC[C@H](O)CO)C(=O)O. The molecule has 0 bridgehead atoms. The Balaban J connectivity index is 3.45. The van der Waals surface area contributed by atoms with E-state index in [4.69, 9.17) is 21.1 Å². The van der Waals surface area contributed by atoms with Crippen LogP contribution in [0.4, 0.5) is 0 Å². The van der Waals surface area contributed by atoms with Gasteiger partial charge in [0.05, 0.1) is 12.7 Å². The maximum atomic E-state index is 11.3. The highest BCUT2D eigenvalue weighted by molar-refractivity contribution is 5.78. The van der Waals surface area contributed by atoms with Crippen LogP contribution < -0.4 is 11.1 Å². The Kier molecular flexibility index (Phi) is 9.17. The summed E-state index contributed by atoms with van der Waals surface area (Å²) in [6.07, 6.45) is 1.41. The van der Waals surface area contributed by atoms with E-state index in [0.29, 0.717) is 25.8 Å². The number of carboxylic acids is 1. The molecule has 18 heavy (non-hydrogen) atoms. The van der Waals surface area contributed by atoms with Gasteiger partial charge in [0, 0.05) is 13.0 Å². The Labute approximate surface area is 106 Å². The van der Waals surface area contributed by atoms with Crippen molar-refractivity contribution in [2.75, 3.05) is 13.2 Å². The summed E-state index contributed by atoms with van der Waals surface area (Å²) in [6, 6.07) is -1.00. The van der Waals surface area contributed by atoms with Crippen molar-refractivity contribution in [1.29, 1.82) is 0 Å². The van der Waals surface area contributed by atoms with Crippen molar-refractivity contribution in [3.05, 3.63) is 0 Å². The molecule has 0 spiro atoms. The van der Waals surface area contributed by atoms with Gasteiger partial charge < -0.3 is 26.4 Å². The molecule has 0 aliphatic heterocycles. The number of aliphatic carboxylic acids is 1. The molecule has 106 valence electrons. The summed E-state index contributed by atoms with van der Waals surface area (Å²) < 4.78 is 0. The number of amides is 1. The van der Waals surface area contributed by atoms with Gasteiger partial charge in [-0.3, -0.25) is 9.59 Å². The standard InChI is InChI=1S/C11H22N2O5/c12-9(11(17)18)4-5-10(16)13-6-2-1-3-8(15)7-14/h8-9,14-15H,1-7,12H2,(H,13,16)(H,17,18)/t8-,9+/m0/s1. The molecule has 1 amide bonds. The van der Waals surface area contributed by atoms with Crippen LogP contribution in [0.25, 0.3) is 0 Å². The molecular formula is C11H22N2O5. The van der Waals surface area contributed by atoms with Crippen LogP contribution in [0, 0.1) is 0 Å². The first kappa shape index (κ1) is 16.8. The normalized spacial score (nSPS) is 13.9. The van der Waals surface area contributed by atoms with Gasteiger partial charge in [-0.05, 0) is 25.7 Å². The quantitative estimate of drug-likeness (QED) is 0.315. The van der Waals surface area contributed by atoms with Crippen LogP contribution in [-0.4, -0.2) is 52.5 Å². The monoisotopic (exact) mass is 262 g/mol. The molecule has 7 nitrogen and oxygen atoms in total. The molecule has 0 aromatic rings. The minimum absolute atomic E-state index is 0.0900. The van der Waals surface area contributed by atoms with Crippen molar-refractivity contribution in [2.45, 2.75) is 44.2 Å². The van der Waals surface area contributed by atoms with Gasteiger partial charge in [0.1, 0.15) is 6.04 Å². The van der Waals surface area contributed by atoms with Crippen molar-refractivity contribution < 1.29 is 24.9 Å². The minimum atomic E-state index is -1.11. The van der Waals surface area contributed by atoms with Crippen molar-refractivity contribution in [3.8, 4) is 0 Å². The zero-order chi connectivity index (χ0) is 14.0. The second-order valence-electron chi connectivity index (χ2n) is 4.17. The minimum Gasteiger partial charge on any atom is -0.480 e. The lowest BCUT2D eigenvalue weighted by Crippen LogP contribution is -2.33. The molecular weight excluding hydrogens is 240 g/mol. The second-order valence-corrected chi connectivity index (χ2v) is 4.17. The first-order valence-electron chi connectivity index (χ1n) is 6.01.